The minimum absolute atomic E-state index is 0.106. The zero-order valence-electron chi connectivity index (χ0n) is 12.7. The number of hydrogen-bond acceptors (Lipinski definition) is 5. The molecule has 1 aliphatic carbocycles. The second kappa shape index (κ2) is 6.27. The van der Waals surface area contributed by atoms with Crippen LogP contribution in [-0.2, 0) is 15.1 Å². The number of methoxy groups -OCH3 is 2. The molecule has 1 aliphatic rings. The van der Waals surface area contributed by atoms with Gasteiger partial charge in [0.1, 0.15) is 5.75 Å². The number of nitrogens with one attached hydrogen (secondary N) is 1. The van der Waals surface area contributed by atoms with Gasteiger partial charge in [0.25, 0.3) is 5.60 Å². The van der Waals surface area contributed by atoms with E-state index in [4.69, 9.17) is 4.74 Å². The van der Waals surface area contributed by atoms with Crippen LogP contribution in [0, 0.1) is 5.92 Å². The summed E-state index contributed by atoms with van der Waals surface area (Å²) in [7, 11) is 2.08. The number of alkyl halides is 3. The highest BCUT2D eigenvalue weighted by Crippen LogP contribution is 2.42. The van der Waals surface area contributed by atoms with Gasteiger partial charge < -0.3 is 19.9 Å². The molecule has 2 rings (SSSR count). The summed E-state index contributed by atoms with van der Waals surface area (Å²) in [6.45, 7) is 0.691. The number of rotatable bonds is 6. The molecule has 2 N–H and O–H groups in total. The van der Waals surface area contributed by atoms with E-state index >= 15 is 0 Å². The number of esters is 1. The number of benzene rings is 1. The van der Waals surface area contributed by atoms with Crippen molar-refractivity contribution >= 4 is 11.7 Å². The third-order valence-corrected chi connectivity index (χ3v) is 3.79. The molecule has 0 bridgehead atoms. The Morgan fingerprint density at radius 1 is 1.35 bits per heavy atom. The van der Waals surface area contributed by atoms with Gasteiger partial charge in [-0.3, -0.25) is 0 Å². The van der Waals surface area contributed by atoms with Crippen molar-refractivity contribution in [1.82, 2.24) is 0 Å². The van der Waals surface area contributed by atoms with Crippen LogP contribution in [0.5, 0.6) is 5.75 Å². The molecule has 1 saturated carbocycles. The van der Waals surface area contributed by atoms with Gasteiger partial charge in [-0.1, -0.05) is 6.07 Å². The lowest BCUT2D eigenvalue weighted by atomic mass is 9.92. The van der Waals surface area contributed by atoms with Crippen LogP contribution in [0.3, 0.4) is 0 Å². The number of halogens is 3. The van der Waals surface area contributed by atoms with Crippen molar-refractivity contribution in [2.24, 2.45) is 5.92 Å². The molecule has 0 radical (unpaired) electrons. The van der Waals surface area contributed by atoms with Crippen molar-refractivity contribution < 1.29 is 32.5 Å². The van der Waals surface area contributed by atoms with Crippen LogP contribution >= 0.6 is 0 Å². The maximum Gasteiger partial charge on any atom is 0.432 e. The van der Waals surface area contributed by atoms with Gasteiger partial charge in [-0.05, 0) is 30.9 Å². The highest BCUT2D eigenvalue weighted by atomic mass is 19.4. The Hall–Kier alpha value is -1.96. The summed E-state index contributed by atoms with van der Waals surface area (Å²) < 4.78 is 48.8. The molecule has 8 heteroatoms. The quantitative estimate of drug-likeness (QED) is 0.783. The number of carbonyl (C=O) groups excluding carboxylic acids is 1. The highest BCUT2D eigenvalue weighted by molar-refractivity contribution is 5.82. The van der Waals surface area contributed by atoms with Crippen LogP contribution in [0.25, 0.3) is 0 Å². The molecule has 1 aromatic rings. The molecule has 0 saturated heterocycles. The molecule has 5 nitrogen and oxygen atoms in total. The Morgan fingerprint density at radius 3 is 2.48 bits per heavy atom. The lowest BCUT2D eigenvalue weighted by Crippen LogP contribution is -2.49. The van der Waals surface area contributed by atoms with Gasteiger partial charge >= 0.3 is 12.1 Å². The van der Waals surface area contributed by atoms with Gasteiger partial charge in [0.05, 0.1) is 19.9 Å². The number of ether oxygens (including phenoxy) is 2. The smallest absolute Gasteiger partial charge is 0.432 e. The first kappa shape index (κ1) is 17.4. The Bertz CT molecular complexity index is 587. The van der Waals surface area contributed by atoms with Crippen molar-refractivity contribution in [3.05, 3.63) is 23.8 Å². The van der Waals surface area contributed by atoms with Gasteiger partial charge in [-0.15, -0.1) is 0 Å². The SMILES string of the molecule is COC(=O)[C@](O)(c1ccc(NCC2CC2)c(OC)c1)C(F)(F)F. The summed E-state index contributed by atoms with van der Waals surface area (Å²) in [6, 6.07) is 3.36. The molecular formula is C15H18F3NO4. The van der Waals surface area contributed by atoms with Crippen LogP contribution in [-0.4, -0.2) is 38.0 Å². The van der Waals surface area contributed by atoms with Crippen molar-refractivity contribution in [1.29, 1.82) is 0 Å². The molecule has 23 heavy (non-hydrogen) atoms. The monoisotopic (exact) mass is 333 g/mol. The zero-order chi connectivity index (χ0) is 17.3. The summed E-state index contributed by atoms with van der Waals surface area (Å²) in [6.07, 6.45) is -3.00. The second-order valence-electron chi connectivity index (χ2n) is 5.44. The van der Waals surface area contributed by atoms with Crippen LogP contribution in [0.2, 0.25) is 0 Å². The van der Waals surface area contributed by atoms with E-state index in [1.54, 1.807) is 0 Å². The minimum Gasteiger partial charge on any atom is -0.495 e. The number of carbonyl (C=O) groups is 1. The molecule has 0 spiro atoms. The normalized spacial score (nSPS) is 17.3. The average Bonchev–Trinajstić information content (AvgIpc) is 3.34. The molecular weight excluding hydrogens is 315 g/mol. The molecule has 0 heterocycles. The molecule has 1 aromatic carbocycles. The average molecular weight is 333 g/mol. The molecule has 0 unspecified atom stereocenters. The van der Waals surface area contributed by atoms with Gasteiger partial charge in [0.2, 0.25) is 0 Å². The first-order valence-electron chi connectivity index (χ1n) is 7.04. The van der Waals surface area contributed by atoms with E-state index in [-0.39, 0.29) is 5.75 Å². The van der Waals surface area contributed by atoms with E-state index in [9.17, 15) is 23.1 Å². The van der Waals surface area contributed by atoms with Gasteiger partial charge in [0, 0.05) is 12.1 Å². The third kappa shape index (κ3) is 3.36. The van der Waals surface area contributed by atoms with Gasteiger partial charge in [0.15, 0.2) is 0 Å². The van der Waals surface area contributed by atoms with Gasteiger partial charge in [-0.2, -0.15) is 13.2 Å². The first-order valence-corrected chi connectivity index (χ1v) is 7.04. The van der Waals surface area contributed by atoms with E-state index in [1.165, 1.54) is 13.2 Å². The lowest BCUT2D eigenvalue weighted by molar-refractivity contribution is -0.266. The topological polar surface area (TPSA) is 67.8 Å². The number of hydrogen-bond donors (Lipinski definition) is 2. The Balaban J connectivity index is 2.37. The fraction of sp³-hybridized carbons (Fsp3) is 0.533. The Labute approximate surface area is 131 Å². The second-order valence-corrected chi connectivity index (χ2v) is 5.44. The molecule has 1 fully saturated rings. The summed E-state index contributed by atoms with van der Waals surface area (Å²) in [5.74, 6) is -1.14. The Kier molecular flexibility index (Phi) is 4.74. The summed E-state index contributed by atoms with van der Waals surface area (Å²) in [5, 5.41) is 13.0. The number of aliphatic hydroxyl groups is 1. The third-order valence-electron chi connectivity index (χ3n) is 3.79. The molecule has 0 aliphatic heterocycles. The van der Waals surface area contributed by atoms with Crippen molar-refractivity contribution in [3.63, 3.8) is 0 Å². The van der Waals surface area contributed by atoms with E-state index in [1.807, 2.05) is 0 Å². The van der Waals surface area contributed by atoms with Crippen LogP contribution in [0.1, 0.15) is 18.4 Å². The van der Waals surface area contributed by atoms with E-state index in [2.05, 4.69) is 10.1 Å². The summed E-state index contributed by atoms with van der Waals surface area (Å²) in [4.78, 5) is 11.5. The zero-order valence-corrected chi connectivity index (χ0v) is 12.7. The van der Waals surface area contributed by atoms with Crippen LogP contribution in [0.15, 0.2) is 18.2 Å². The lowest BCUT2D eigenvalue weighted by Gasteiger charge is -2.28. The van der Waals surface area contributed by atoms with Crippen LogP contribution < -0.4 is 10.1 Å². The van der Waals surface area contributed by atoms with E-state index in [0.717, 1.165) is 32.1 Å². The fourth-order valence-corrected chi connectivity index (χ4v) is 2.18. The number of anilines is 1. The van der Waals surface area contributed by atoms with Gasteiger partial charge in [-0.25, -0.2) is 4.79 Å². The largest absolute Gasteiger partial charge is 0.495 e. The van der Waals surface area contributed by atoms with Crippen molar-refractivity contribution in [2.45, 2.75) is 24.6 Å². The summed E-state index contributed by atoms with van der Waals surface area (Å²) >= 11 is 0. The van der Waals surface area contributed by atoms with Crippen molar-refractivity contribution in [3.8, 4) is 5.75 Å². The molecule has 0 amide bonds. The predicted molar refractivity (Wildman–Crippen MR) is 76.2 cm³/mol. The molecule has 1 atom stereocenters. The standard InChI is InChI=1S/C15H18F3NO4/c1-22-12-7-10(5-6-11(12)19-8-9-3-4-9)14(21,13(20)23-2)15(16,17)18/h5-7,9,19,21H,3-4,8H2,1-2H3/t14-/m1/s1. The Morgan fingerprint density at radius 2 is 2.00 bits per heavy atom. The van der Waals surface area contributed by atoms with E-state index in [0.29, 0.717) is 18.2 Å². The first-order chi connectivity index (χ1) is 10.7. The highest BCUT2D eigenvalue weighted by Gasteiger charge is 2.62. The maximum atomic E-state index is 13.2. The van der Waals surface area contributed by atoms with Crippen LogP contribution in [0.4, 0.5) is 18.9 Å². The maximum absolute atomic E-state index is 13.2. The van der Waals surface area contributed by atoms with Crippen molar-refractivity contribution in [2.75, 3.05) is 26.1 Å². The molecule has 128 valence electrons. The summed E-state index contributed by atoms with van der Waals surface area (Å²) in [5.41, 5.74) is -3.91. The fourth-order valence-electron chi connectivity index (χ4n) is 2.18. The van der Waals surface area contributed by atoms with E-state index < -0.39 is 23.3 Å². The minimum atomic E-state index is -5.23. The predicted octanol–water partition coefficient (Wildman–Crippen LogP) is 2.44. The molecule has 0 aromatic heterocycles.